The fourth-order valence-corrected chi connectivity index (χ4v) is 3.61. The molecule has 0 spiro atoms. The smallest absolute Gasteiger partial charge is 0.279 e. The molecule has 2 heterocycles. The molecule has 4 rings (SSSR count). The van der Waals surface area contributed by atoms with Crippen molar-refractivity contribution in [3.8, 4) is 17.2 Å². The third-order valence-corrected chi connectivity index (χ3v) is 5.11. The Balaban J connectivity index is 1.76. The first kappa shape index (κ1) is 20.1. The molecule has 2 amide bonds. The van der Waals surface area contributed by atoms with E-state index in [-0.39, 0.29) is 22.8 Å². The Morgan fingerprint density at radius 3 is 2.39 bits per heavy atom. The standard InChI is InChI=1S/C20H17N3O8/c1-28-11-5-6-12(15(9-11)30-3)17-16-18(31-21-17)20(25)22(19(16)24)13-8-10(23(26)27)4-7-14(13)29-2/h4-9,16,18H,1-3H3/t16-,18-/m0/s1. The number of rotatable bonds is 6. The molecule has 11 nitrogen and oxygen atoms in total. The van der Waals surface area contributed by atoms with Gasteiger partial charge in [0, 0.05) is 23.8 Å². The van der Waals surface area contributed by atoms with E-state index >= 15 is 0 Å². The van der Waals surface area contributed by atoms with Crippen LogP contribution in [-0.4, -0.2) is 49.9 Å². The molecule has 0 radical (unpaired) electrons. The molecule has 0 aromatic heterocycles. The molecule has 31 heavy (non-hydrogen) atoms. The zero-order chi connectivity index (χ0) is 22.3. The Hall–Kier alpha value is -4.15. The van der Waals surface area contributed by atoms with E-state index in [1.165, 1.54) is 33.5 Å². The molecule has 11 heteroatoms. The first-order chi connectivity index (χ1) is 14.9. The summed E-state index contributed by atoms with van der Waals surface area (Å²) in [5, 5.41) is 15.2. The summed E-state index contributed by atoms with van der Waals surface area (Å²) in [6, 6.07) is 8.59. The van der Waals surface area contributed by atoms with Crippen molar-refractivity contribution < 1.29 is 33.6 Å². The van der Waals surface area contributed by atoms with Crippen molar-refractivity contribution in [2.24, 2.45) is 11.1 Å². The zero-order valence-electron chi connectivity index (χ0n) is 16.7. The second kappa shape index (κ2) is 7.59. The molecule has 0 bridgehead atoms. The summed E-state index contributed by atoms with van der Waals surface area (Å²) < 4.78 is 15.8. The third kappa shape index (κ3) is 3.10. The van der Waals surface area contributed by atoms with Crippen molar-refractivity contribution in [2.45, 2.75) is 6.10 Å². The Kier molecular flexibility index (Phi) is 4.93. The lowest BCUT2D eigenvalue weighted by atomic mass is 9.93. The predicted octanol–water partition coefficient (Wildman–Crippen LogP) is 1.91. The maximum atomic E-state index is 13.3. The minimum absolute atomic E-state index is 0.0363. The van der Waals surface area contributed by atoms with Gasteiger partial charge in [0.1, 0.15) is 34.6 Å². The largest absolute Gasteiger partial charge is 0.497 e. The molecular weight excluding hydrogens is 410 g/mol. The van der Waals surface area contributed by atoms with E-state index < -0.39 is 28.8 Å². The number of imide groups is 1. The molecule has 2 aliphatic rings. The summed E-state index contributed by atoms with van der Waals surface area (Å²) >= 11 is 0. The maximum absolute atomic E-state index is 13.3. The molecule has 2 aliphatic heterocycles. The molecule has 0 N–H and O–H groups in total. The van der Waals surface area contributed by atoms with Gasteiger partial charge in [-0.2, -0.15) is 0 Å². The highest BCUT2D eigenvalue weighted by Gasteiger charge is 2.57. The van der Waals surface area contributed by atoms with Crippen LogP contribution in [0.1, 0.15) is 5.56 Å². The number of amides is 2. The van der Waals surface area contributed by atoms with Crippen LogP contribution in [0.4, 0.5) is 11.4 Å². The Morgan fingerprint density at radius 2 is 1.74 bits per heavy atom. The van der Waals surface area contributed by atoms with E-state index in [0.717, 1.165) is 11.0 Å². The first-order valence-electron chi connectivity index (χ1n) is 9.07. The summed E-state index contributed by atoms with van der Waals surface area (Å²) in [5.74, 6) is -1.32. The van der Waals surface area contributed by atoms with Crippen LogP contribution in [0.3, 0.4) is 0 Å². The number of carbonyl (C=O) groups excluding carboxylic acids is 2. The normalized spacial score (nSPS) is 19.6. The second-order valence-corrected chi connectivity index (χ2v) is 6.67. The lowest BCUT2D eigenvalue weighted by molar-refractivity contribution is -0.384. The number of nitro groups is 1. The number of benzene rings is 2. The molecule has 2 atom stereocenters. The molecule has 2 aromatic carbocycles. The number of nitro benzene ring substituents is 1. The number of non-ortho nitro benzene ring substituents is 1. The average molecular weight is 427 g/mol. The Morgan fingerprint density at radius 1 is 1.00 bits per heavy atom. The SMILES string of the molecule is COc1ccc(C2=NO[C@@H]3C(=O)N(c4cc([N+](=O)[O-])ccc4OC)C(=O)[C@@H]23)c(OC)c1. The van der Waals surface area contributed by atoms with Crippen molar-refractivity contribution in [2.75, 3.05) is 26.2 Å². The maximum Gasteiger partial charge on any atom is 0.279 e. The van der Waals surface area contributed by atoms with Gasteiger partial charge >= 0.3 is 0 Å². The summed E-state index contributed by atoms with van der Waals surface area (Å²) in [7, 11) is 4.29. The van der Waals surface area contributed by atoms with E-state index in [1.54, 1.807) is 18.2 Å². The van der Waals surface area contributed by atoms with Crippen molar-refractivity contribution in [1.82, 2.24) is 0 Å². The van der Waals surface area contributed by atoms with Gasteiger partial charge < -0.3 is 19.0 Å². The summed E-state index contributed by atoms with van der Waals surface area (Å²) in [6.45, 7) is 0. The second-order valence-electron chi connectivity index (χ2n) is 6.67. The Bertz CT molecular complexity index is 1130. The molecule has 2 aromatic rings. The quantitative estimate of drug-likeness (QED) is 0.388. The van der Waals surface area contributed by atoms with Crippen molar-refractivity contribution in [1.29, 1.82) is 0 Å². The van der Waals surface area contributed by atoms with Gasteiger partial charge in [0.15, 0.2) is 0 Å². The van der Waals surface area contributed by atoms with E-state index in [4.69, 9.17) is 19.0 Å². The zero-order valence-corrected chi connectivity index (χ0v) is 16.7. The van der Waals surface area contributed by atoms with Gasteiger partial charge in [0.2, 0.25) is 12.0 Å². The molecule has 1 saturated heterocycles. The highest BCUT2D eigenvalue weighted by Crippen LogP contribution is 2.41. The molecule has 0 unspecified atom stereocenters. The lowest BCUT2D eigenvalue weighted by Gasteiger charge is -2.18. The van der Waals surface area contributed by atoms with Crippen LogP contribution in [0.2, 0.25) is 0 Å². The topological polar surface area (TPSA) is 130 Å². The molecule has 1 fully saturated rings. The number of hydrogen-bond donors (Lipinski definition) is 0. The van der Waals surface area contributed by atoms with Gasteiger partial charge in [-0.05, 0) is 18.2 Å². The monoisotopic (exact) mass is 427 g/mol. The summed E-state index contributed by atoms with van der Waals surface area (Å²) in [5.41, 5.74) is 0.352. The van der Waals surface area contributed by atoms with E-state index in [2.05, 4.69) is 5.16 Å². The number of nitrogens with zero attached hydrogens (tertiary/aromatic N) is 3. The van der Waals surface area contributed by atoms with Gasteiger partial charge in [-0.3, -0.25) is 19.7 Å². The molecular formula is C20H17N3O8. The number of fused-ring (bicyclic) bond motifs is 1. The molecule has 0 aliphatic carbocycles. The van der Waals surface area contributed by atoms with Gasteiger partial charge in [0.25, 0.3) is 11.6 Å². The van der Waals surface area contributed by atoms with E-state index in [1.807, 2.05) is 0 Å². The van der Waals surface area contributed by atoms with Gasteiger partial charge in [-0.25, -0.2) is 4.90 Å². The van der Waals surface area contributed by atoms with Gasteiger partial charge in [0.05, 0.1) is 26.3 Å². The van der Waals surface area contributed by atoms with Crippen molar-refractivity contribution in [3.05, 3.63) is 52.1 Å². The van der Waals surface area contributed by atoms with Crippen LogP contribution in [0.25, 0.3) is 0 Å². The van der Waals surface area contributed by atoms with E-state index in [0.29, 0.717) is 17.1 Å². The minimum Gasteiger partial charge on any atom is -0.497 e. The van der Waals surface area contributed by atoms with Crippen LogP contribution in [-0.2, 0) is 14.4 Å². The van der Waals surface area contributed by atoms with Crippen molar-refractivity contribution in [3.63, 3.8) is 0 Å². The number of ether oxygens (including phenoxy) is 3. The Labute approximate surface area is 175 Å². The minimum atomic E-state index is -1.20. The molecule has 160 valence electrons. The average Bonchev–Trinajstić information content (AvgIpc) is 3.32. The van der Waals surface area contributed by atoms with Gasteiger partial charge in [-0.15, -0.1) is 0 Å². The van der Waals surface area contributed by atoms with Crippen molar-refractivity contribution >= 4 is 28.9 Å². The van der Waals surface area contributed by atoms with Crippen LogP contribution in [0.15, 0.2) is 41.6 Å². The molecule has 0 saturated carbocycles. The highest BCUT2D eigenvalue weighted by molar-refractivity contribution is 6.33. The lowest BCUT2D eigenvalue weighted by Crippen LogP contribution is -2.33. The summed E-state index contributed by atoms with van der Waals surface area (Å²) in [4.78, 5) is 43.0. The number of hydrogen-bond acceptors (Lipinski definition) is 9. The van der Waals surface area contributed by atoms with Crippen LogP contribution in [0.5, 0.6) is 17.2 Å². The fraction of sp³-hybridized carbons (Fsp3) is 0.250. The van der Waals surface area contributed by atoms with Crippen LogP contribution >= 0.6 is 0 Å². The van der Waals surface area contributed by atoms with Crippen LogP contribution in [0, 0.1) is 16.0 Å². The highest BCUT2D eigenvalue weighted by atomic mass is 16.7. The van der Waals surface area contributed by atoms with Crippen LogP contribution < -0.4 is 19.1 Å². The number of oxime groups is 1. The first-order valence-corrected chi connectivity index (χ1v) is 9.07. The van der Waals surface area contributed by atoms with Gasteiger partial charge in [-0.1, -0.05) is 5.16 Å². The summed E-state index contributed by atoms with van der Waals surface area (Å²) in [6.07, 6.45) is -1.20. The number of carbonyl (C=O) groups is 2. The third-order valence-electron chi connectivity index (χ3n) is 5.11. The number of methoxy groups -OCH3 is 3. The van der Waals surface area contributed by atoms with E-state index in [9.17, 15) is 19.7 Å². The predicted molar refractivity (Wildman–Crippen MR) is 107 cm³/mol. The fourth-order valence-electron chi connectivity index (χ4n) is 3.61. The number of anilines is 1.